The van der Waals surface area contributed by atoms with Gasteiger partial charge in [0, 0.05) is 6.54 Å². The molecule has 0 radical (unpaired) electrons. The Labute approximate surface area is 108 Å². The van der Waals surface area contributed by atoms with Gasteiger partial charge in [-0.2, -0.15) is 0 Å². The van der Waals surface area contributed by atoms with Crippen molar-refractivity contribution in [1.29, 1.82) is 0 Å². The highest BCUT2D eigenvalue weighted by Gasteiger charge is 2.33. The average Bonchev–Trinajstić information content (AvgIpc) is 2.35. The lowest BCUT2D eigenvalue weighted by atomic mass is 10.0. The molecule has 0 aromatic heterocycles. The first-order chi connectivity index (χ1) is 8.48. The maximum Gasteiger partial charge on any atom is 0.323 e. The number of ether oxygens (including phenoxy) is 1. The topological polar surface area (TPSA) is 49.8 Å². The number of nitrogens with zero attached hydrogens (tertiary/aromatic N) is 1. The molecule has 0 aliphatic rings. The first-order valence-electron chi connectivity index (χ1n) is 6.14. The van der Waals surface area contributed by atoms with E-state index in [0.717, 1.165) is 5.75 Å². The summed E-state index contributed by atoms with van der Waals surface area (Å²) in [5.74, 6) is -0.00857. The van der Waals surface area contributed by atoms with E-state index < -0.39 is 11.5 Å². The molecule has 0 amide bonds. The van der Waals surface area contributed by atoms with Gasteiger partial charge in [-0.15, -0.1) is 0 Å². The fraction of sp³-hybridized carbons (Fsp3) is 0.500. The fourth-order valence-corrected chi connectivity index (χ4v) is 1.76. The normalized spacial score (nSPS) is 11.6. The molecule has 0 saturated heterocycles. The molecular formula is C14H21NO3. The van der Waals surface area contributed by atoms with Crippen LogP contribution in [0.25, 0.3) is 0 Å². The predicted octanol–water partition coefficient (Wildman–Crippen LogP) is 2.25. The van der Waals surface area contributed by atoms with Crippen molar-refractivity contribution in [2.45, 2.75) is 26.3 Å². The first kappa shape index (κ1) is 14.5. The summed E-state index contributed by atoms with van der Waals surface area (Å²) in [4.78, 5) is 13.1. The number of carbonyl (C=O) groups is 1. The molecule has 1 aromatic rings. The van der Waals surface area contributed by atoms with Crippen molar-refractivity contribution in [2.75, 3.05) is 19.7 Å². The van der Waals surface area contributed by atoms with Gasteiger partial charge in [-0.25, -0.2) is 0 Å². The van der Waals surface area contributed by atoms with E-state index >= 15 is 0 Å². The summed E-state index contributed by atoms with van der Waals surface area (Å²) in [7, 11) is 0. The lowest BCUT2D eigenvalue weighted by molar-refractivity contribution is -0.149. The Morgan fingerprint density at radius 3 is 2.44 bits per heavy atom. The Bertz CT molecular complexity index is 376. The number of carboxylic acids is 1. The van der Waals surface area contributed by atoms with Crippen molar-refractivity contribution in [3.8, 4) is 5.75 Å². The number of carboxylic acid groups (broad SMARTS) is 1. The van der Waals surface area contributed by atoms with Crippen LogP contribution in [0.2, 0.25) is 0 Å². The highest BCUT2D eigenvalue weighted by atomic mass is 16.5. The van der Waals surface area contributed by atoms with Crippen LogP contribution >= 0.6 is 0 Å². The molecule has 1 aromatic carbocycles. The van der Waals surface area contributed by atoms with Gasteiger partial charge in [0.2, 0.25) is 0 Å². The third-order valence-corrected chi connectivity index (χ3v) is 3.07. The number of rotatable bonds is 7. The monoisotopic (exact) mass is 251 g/mol. The van der Waals surface area contributed by atoms with Crippen LogP contribution in [0.5, 0.6) is 5.75 Å². The minimum Gasteiger partial charge on any atom is -0.492 e. The summed E-state index contributed by atoms with van der Waals surface area (Å²) in [6.45, 7) is 7.12. The second-order valence-corrected chi connectivity index (χ2v) is 4.61. The molecule has 0 aliphatic carbocycles. The molecule has 1 N–H and O–H groups in total. The van der Waals surface area contributed by atoms with Crippen LogP contribution in [0.3, 0.4) is 0 Å². The fourth-order valence-electron chi connectivity index (χ4n) is 1.76. The van der Waals surface area contributed by atoms with Gasteiger partial charge in [0.1, 0.15) is 17.9 Å². The molecule has 0 atom stereocenters. The van der Waals surface area contributed by atoms with Crippen LogP contribution in [-0.4, -0.2) is 41.2 Å². The van der Waals surface area contributed by atoms with Gasteiger partial charge in [0.25, 0.3) is 0 Å². The molecule has 0 fully saturated rings. The number of aliphatic carboxylic acids is 1. The SMILES string of the molecule is CCN(CCOc1ccccc1)C(C)(C)C(=O)O. The van der Waals surface area contributed by atoms with Gasteiger partial charge in [-0.1, -0.05) is 25.1 Å². The number of hydrogen-bond donors (Lipinski definition) is 1. The predicted molar refractivity (Wildman–Crippen MR) is 70.9 cm³/mol. The van der Waals surface area contributed by atoms with Gasteiger partial charge in [0.15, 0.2) is 0 Å². The minimum absolute atomic E-state index is 0.481. The van der Waals surface area contributed by atoms with E-state index in [0.29, 0.717) is 19.7 Å². The van der Waals surface area contributed by atoms with Gasteiger partial charge in [0.05, 0.1) is 0 Å². The number of likely N-dealkylation sites (N-methyl/N-ethyl adjacent to an activating group) is 1. The Hall–Kier alpha value is -1.55. The van der Waals surface area contributed by atoms with Crippen molar-refractivity contribution in [3.63, 3.8) is 0 Å². The van der Waals surface area contributed by atoms with Crippen LogP contribution < -0.4 is 4.74 Å². The highest BCUT2D eigenvalue weighted by Crippen LogP contribution is 2.14. The first-order valence-corrected chi connectivity index (χ1v) is 6.14. The zero-order valence-electron chi connectivity index (χ0n) is 11.2. The van der Waals surface area contributed by atoms with E-state index in [4.69, 9.17) is 4.74 Å². The van der Waals surface area contributed by atoms with Crippen LogP contribution in [0.15, 0.2) is 30.3 Å². The summed E-state index contributed by atoms with van der Waals surface area (Å²) in [6, 6.07) is 9.53. The number of benzene rings is 1. The molecule has 0 bridgehead atoms. The van der Waals surface area contributed by atoms with Crippen molar-refractivity contribution in [3.05, 3.63) is 30.3 Å². The van der Waals surface area contributed by atoms with Crippen LogP contribution in [-0.2, 0) is 4.79 Å². The molecule has 0 unspecified atom stereocenters. The molecule has 0 heterocycles. The number of hydrogen-bond acceptors (Lipinski definition) is 3. The third kappa shape index (κ3) is 3.74. The van der Waals surface area contributed by atoms with E-state index in [1.165, 1.54) is 0 Å². The van der Waals surface area contributed by atoms with Gasteiger partial charge in [-0.3, -0.25) is 9.69 Å². The molecule has 0 aliphatic heterocycles. The second-order valence-electron chi connectivity index (χ2n) is 4.61. The molecule has 4 nitrogen and oxygen atoms in total. The molecule has 4 heteroatoms. The van der Waals surface area contributed by atoms with E-state index in [1.807, 2.05) is 42.2 Å². The Kier molecular flexibility index (Phi) is 5.16. The van der Waals surface area contributed by atoms with Crippen molar-refractivity contribution in [2.24, 2.45) is 0 Å². The Balaban J connectivity index is 2.48. The van der Waals surface area contributed by atoms with E-state index in [1.54, 1.807) is 13.8 Å². The van der Waals surface area contributed by atoms with E-state index in [-0.39, 0.29) is 0 Å². The van der Waals surface area contributed by atoms with Crippen LogP contribution in [0.4, 0.5) is 0 Å². The van der Waals surface area contributed by atoms with Gasteiger partial charge in [-0.05, 0) is 32.5 Å². The molecule has 0 saturated carbocycles. The van der Waals surface area contributed by atoms with Gasteiger partial charge >= 0.3 is 5.97 Å². The lowest BCUT2D eigenvalue weighted by Crippen LogP contribution is -2.51. The zero-order chi connectivity index (χ0) is 13.6. The Morgan fingerprint density at radius 2 is 1.94 bits per heavy atom. The van der Waals surface area contributed by atoms with E-state index in [9.17, 15) is 9.90 Å². The third-order valence-electron chi connectivity index (χ3n) is 3.07. The number of para-hydroxylation sites is 1. The van der Waals surface area contributed by atoms with Crippen LogP contribution in [0.1, 0.15) is 20.8 Å². The maximum atomic E-state index is 11.2. The molecule has 0 spiro atoms. The molecule has 18 heavy (non-hydrogen) atoms. The van der Waals surface area contributed by atoms with Crippen molar-refractivity contribution >= 4 is 5.97 Å². The quantitative estimate of drug-likeness (QED) is 0.807. The van der Waals surface area contributed by atoms with Crippen molar-refractivity contribution in [1.82, 2.24) is 4.90 Å². The molecular weight excluding hydrogens is 230 g/mol. The van der Waals surface area contributed by atoms with Crippen molar-refractivity contribution < 1.29 is 14.6 Å². The minimum atomic E-state index is -0.866. The molecule has 1 rings (SSSR count). The summed E-state index contributed by atoms with van der Waals surface area (Å²) in [6.07, 6.45) is 0. The lowest BCUT2D eigenvalue weighted by Gasteiger charge is -2.33. The summed E-state index contributed by atoms with van der Waals surface area (Å²) < 4.78 is 5.58. The molecule has 100 valence electrons. The highest BCUT2D eigenvalue weighted by molar-refractivity contribution is 5.77. The summed E-state index contributed by atoms with van der Waals surface area (Å²) in [5, 5.41) is 9.18. The van der Waals surface area contributed by atoms with E-state index in [2.05, 4.69) is 0 Å². The van der Waals surface area contributed by atoms with Crippen LogP contribution in [0, 0.1) is 0 Å². The smallest absolute Gasteiger partial charge is 0.323 e. The summed E-state index contributed by atoms with van der Waals surface area (Å²) in [5.41, 5.74) is -0.866. The zero-order valence-corrected chi connectivity index (χ0v) is 11.2. The maximum absolute atomic E-state index is 11.2. The summed E-state index contributed by atoms with van der Waals surface area (Å²) >= 11 is 0. The average molecular weight is 251 g/mol. The largest absolute Gasteiger partial charge is 0.492 e. The standard InChI is InChI=1S/C14H21NO3/c1-4-15(14(2,3)13(16)17)10-11-18-12-8-6-5-7-9-12/h5-9H,4,10-11H2,1-3H3,(H,16,17). The van der Waals surface area contributed by atoms with Gasteiger partial charge < -0.3 is 9.84 Å². The second kappa shape index (κ2) is 6.40. The Morgan fingerprint density at radius 1 is 1.33 bits per heavy atom.